The number of halogens is 1. The Labute approximate surface area is 57.6 Å². The zero-order valence-corrected chi connectivity index (χ0v) is 5.08. The molecule has 0 aliphatic rings. The largest absolute Gasteiger partial charge is 0.411 e. The van der Waals surface area contributed by atoms with Gasteiger partial charge < -0.3 is 5.21 Å². The highest BCUT2D eigenvalue weighted by molar-refractivity contribution is 5.78. The molecule has 1 N–H and O–H groups in total. The molecule has 0 atom stereocenters. The van der Waals surface area contributed by atoms with Crippen LogP contribution in [0, 0.1) is 11.9 Å². The van der Waals surface area contributed by atoms with Crippen molar-refractivity contribution >= 4 is 6.21 Å². The molecule has 0 spiro atoms. The Bertz CT molecular complexity index is 247. The van der Waals surface area contributed by atoms with E-state index in [1.54, 1.807) is 6.07 Å². The van der Waals surface area contributed by atoms with Gasteiger partial charge in [0.2, 0.25) is 0 Å². The molecule has 1 radical (unpaired) electrons. The molecular weight excluding hydrogens is 133 g/mol. The standard InChI is InChI=1S/C7H5FNO/c8-7-4-2-1-3-6(7)5-9-10/h1-2,4-5,10H/b9-5-. The Morgan fingerprint density at radius 2 is 2.50 bits per heavy atom. The second-order valence-electron chi connectivity index (χ2n) is 1.68. The van der Waals surface area contributed by atoms with Gasteiger partial charge in [-0.2, -0.15) is 0 Å². The molecule has 0 fully saturated rings. The second kappa shape index (κ2) is 2.96. The van der Waals surface area contributed by atoms with E-state index in [1.807, 2.05) is 0 Å². The average Bonchev–Trinajstić information content (AvgIpc) is 1.94. The van der Waals surface area contributed by atoms with Crippen molar-refractivity contribution in [2.24, 2.45) is 5.16 Å². The van der Waals surface area contributed by atoms with E-state index in [1.165, 1.54) is 12.1 Å². The van der Waals surface area contributed by atoms with Crippen LogP contribution in [0.2, 0.25) is 0 Å². The number of benzene rings is 1. The SMILES string of the molecule is O/N=C\c1[c]cccc1F. The maximum absolute atomic E-state index is 12.5. The Balaban J connectivity index is 3.03. The van der Waals surface area contributed by atoms with Crippen LogP contribution in [0.3, 0.4) is 0 Å². The van der Waals surface area contributed by atoms with Crippen molar-refractivity contribution in [1.82, 2.24) is 0 Å². The van der Waals surface area contributed by atoms with Crippen LogP contribution in [0.4, 0.5) is 4.39 Å². The van der Waals surface area contributed by atoms with Crippen LogP contribution in [0.1, 0.15) is 5.56 Å². The van der Waals surface area contributed by atoms with Crippen molar-refractivity contribution in [2.45, 2.75) is 0 Å². The summed E-state index contributed by atoms with van der Waals surface area (Å²) in [5, 5.41) is 10.7. The van der Waals surface area contributed by atoms with Gasteiger partial charge in [-0.3, -0.25) is 0 Å². The van der Waals surface area contributed by atoms with Crippen molar-refractivity contribution in [3.05, 3.63) is 35.6 Å². The molecule has 3 heteroatoms. The van der Waals surface area contributed by atoms with Gasteiger partial charge in [-0.25, -0.2) is 4.39 Å². The van der Waals surface area contributed by atoms with Gasteiger partial charge in [-0.1, -0.05) is 17.3 Å². The first-order valence-electron chi connectivity index (χ1n) is 2.68. The van der Waals surface area contributed by atoms with E-state index >= 15 is 0 Å². The van der Waals surface area contributed by atoms with Gasteiger partial charge in [0.25, 0.3) is 0 Å². The summed E-state index contributed by atoms with van der Waals surface area (Å²) in [5.41, 5.74) is 0.157. The van der Waals surface area contributed by atoms with E-state index in [-0.39, 0.29) is 5.56 Å². The van der Waals surface area contributed by atoms with Gasteiger partial charge >= 0.3 is 0 Å². The van der Waals surface area contributed by atoms with E-state index < -0.39 is 5.82 Å². The predicted molar refractivity (Wildman–Crippen MR) is 34.6 cm³/mol. The molecular formula is C7H5FNO. The molecule has 1 aromatic carbocycles. The van der Waals surface area contributed by atoms with Crippen LogP contribution in [0.5, 0.6) is 0 Å². The number of hydrogen-bond acceptors (Lipinski definition) is 2. The van der Waals surface area contributed by atoms with Crippen molar-refractivity contribution in [2.75, 3.05) is 0 Å². The Kier molecular flexibility index (Phi) is 1.99. The summed E-state index contributed by atoms with van der Waals surface area (Å²) in [5.74, 6) is -0.444. The number of nitrogens with zero attached hydrogens (tertiary/aromatic N) is 1. The molecule has 2 nitrogen and oxygen atoms in total. The predicted octanol–water partition coefficient (Wildman–Crippen LogP) is 1.43. The average molecular weight is 138 g/mol. The zero-order chi connectivity index (χ0) is 7.40. The van der Waals surface area contributed by atoms with E-state index in [9.17, 15) is 4.39 Å². The lowest BCUT2D eigenvalue weighted by Crippen LogP contribution is -1.86. The molecule has 0 unspecified atom stereocenters. The van der Waals surface area contributed by atoms with Crippen LogP contribution < -0.4 is 0 Å². The lowest BCUT2D eigenvalue weighted by molar-refractivity contribution is 0.321. The lowest BCUT2D eigenvalue weighted by Gasteiger charge is -1.90. The molecule has 0 aromatic heterocycles. The molecule has 1 rings (SSSR count). The molecule has 0 bridgehead atoms. The highest BCUT2D eigenvalue weighted by atomic mass is 19.1. The lowest BCUT2D eigenvalue weighted by atomic mass is 10.2. The molecule has 0 aliphatic carbocycles. The van der Waals surface area contributed by atoms with Crippen molar-refractivity contribution in [3.8, 4) is 0 Å². The first-order chi connectivity index (χ1) is 4.84. The molecule has 0 saturated carbocycles. The first-order valence-corrected chi connectivity index (χ1v) is 2.68. The fourth-order valence-electron chi connectivity index (χ4n) is 0.586. The van der Waals surface area contributed by atoms with Gasteiger partial charge in [-0.05, 0) is 12.1 Å². The van der Waals surface area contributed by atoms with Crippen molar-refractivity contribution < 1.29 is 9.60 Å². The maximum atomic E-state index is 12.5. The van der Waals surface area contributed by atoms with E-state index in [0.29, 0.717) is 0 Å². The summed E-state index contributed by atoms with van der Waals surface area (Å²) in [7, 11) is 0. The highest BCUT2D eigenvalue weighted by Gasteiger charge is 1.94. The fourth-order valence-corrected chi connectivity index (χ4v) is 0.586. The molecule has 10 heavy (non-hydrogen) atoms. The van der Waals surface area contributed by atoms with Crippen LogP contribution in [-0.4, -0.2) is 11.4 Å². The van der Waals surface area contributed by atoms with Crippen LogP contribution in [0.25, 0.3) is 0 Å². The maximum Gasteiger partial charge on any atom is 0.132 e. The normalized spacial score (nSPS) is 10.5. The molecule has 0 heterocycles. The molecule has 0 saturated heterocycles. The van der Waals surface area contributed by atoms with Crippen LogP contribution >= 0.6 is 0 Å². The molecule has 0 aliphatic heterocycles. The molecule has 0 amide bonds. The minimum absolute atomic E-state index is 0.157. The van der Waals surface area contributed by atoms with Gasteiger partial charge in [0.1, 0.15) is 5.82 Å². The third-order valence-corrected chi connectivity index (χ3v) is 1.02. The van der Waals surface area contributed by atoms with Gasteiger partial charge in [-0.15, -0.1) is 0 Å². The third-order valence-electron chi connectivity index (χ3n) is 1.02. The van der Waals surface area contributed by atoms with E-state index in [4.69, 9.17) is 5.21 Å². The van der Waals surface area contributed by atoms with Gasteiger partial charge in [0.05, 0.1) is 6.21 Å². The van der Waals surface area contributed by atoms with E-state index in [2.05, 4.69) is 11.2 Å². The van der Waals surface area contributed by atoms with Crippen LogP contribution in [0.15, 0.2) is 23.4 Å². The summed E-state index contributed by atoms with van der Waals surface area (Å²) in [4.78, 5) is 0. The van der Waals surface area contributed by atoms with Gasteiger partial charge in [0.15, 0.2) is 0 Å². The first kappa shape index (κ1) is 6.74. The zero-order valence-electron chi connectivity index (χ0n) is 5.08. The minimum Gasteiger partial charge on any atom is -0.411 e. The smallest absolute Gasteiger partial charge is 0.132 e. The minimum atomic E-state index is -0.444. The Morgan fingerprint density at radius 3 is 3.10 bits per heavy atom. The second-order valence-corrected chi connectivity index (χ2v) is 1.68. The third kappa shape index (κ3) is 1.31. The topological polar surface area (TPSA) is 32.6 Å². The van der Waals surface area contributed by atoms with E-state index in [0.717, 1.165) is 6.21 Å². The van der Waals surface area contributed by atoms with Crippen molar-refractivity contribution in [1.29, 1.82) is 0 Å². The Morgan fingerprint density at radius 1 is 1.70 bits per heavy atom. The summed E-state index contributed by atoms with van der Waals surface area (Å²) in [6.45, 7) is 0. The number of oxime groups is 1. The molecule has 51 valence electrons. The Hall–Kier alpha value is -1.38. The summed E-state index contributed by atoms with van der Waals surface area (Å²) < 4.78 is 12.5. The fraction of sp³-hybridized carbons (Fsp3) is 0. The highest BCUT2D eigenvalue weighted by Crippen LogP contribution is 2.01. The van der Waals surface area contributed by atoms with Crippen LogP contribution in [-0.2, 0) is 0 Å². The quantitative estimate of drug-likeness (QED) is 0.355. The van der Waals surface area contributed by atoms with Gasteiger partial charge in [0, 0.05) is 5.56 Å². The van der Waals surface area contributed by atoms with Crippen molar-refractivity contribution in [3.63, 3.8) is 0 Å². The molecule has 1 aromatic rings. The summed E-state index contributed by atoms with van der Waals surface area (Å²) >= 11 is 0. The number of rotatable bonds is 1. The number of hydrogen-bond donors (Lipinski definition) is 1. The summed E-state index contributed by atoms with van der Waals surface area (Å²) in [6, 6.07) is 6.88. The summed E-state index contributed by atoms with van der Waals surface area (Å²) in [6.07, 6.45) is 0.995. The monoisotopic (exact) mass is 138 g/mol.